The maximum atomic E-state index is 12.8. The molecular weight excluding hydrogens is 460 g/mol. The van der Waals surface area contributed by atoms with Gasteiger partial charge >= 0.3 is 0 Å². The van der Waals surface area contributed by atoms with E-state index in [1.54, 1.807) is 10.9 Å². The molecule has 2 heterocycles. The first-order chi connectivity index (χ1) is 16.9. The van der Waals surface area contributed by atoms with Crippen LogP contribution in [0.3, 0.4) is 0 Å². The molecular formula is C27H22N4O3S. The van der Waals surface area contributed by atoms with Crippen molar-refractivity contribution in [2.24, 2.45) is 0 Å². The predicted molar refractivity (Wildman–Crippen MR) is 135 cm³/mol. The summed E-state index contributed by atoms with van der Waals surface area (Å²) in [4.78, 5) is 12.8. The van der Waals surface area contributed by atoms with Crippen LogP contribution in [0.15, 0.2) is 84.6 Å². The average molecular weight is 483 g/mol. The Bertz CT molecular complexity index is 1600. The molecule has 1 aromatic heterocycles. The van der Waals surface area contributed by atoms with Gasteiger partial charge in [-0.05, 0) is 41.5 Å². The van der Waals surface area contributed by atoms with E-state index in [1.807, 2.05) is 78.9 Å². The Hall–Kier alpha value is -4.22. The van der Waals surface area contributed by atoms with E-state index in [4.69, 9.17) is 5.10 Å². The second kappa shape index (κ2) is 9.20. The zero-order valence-electron chi connectivity index (χ0n) is 18.8. The van der Waals surface area contributed by atoms with Crippen molar-refractivity contribution in [2.45, 2.75) is 12.5 Å². The zero-order chi connectivity index (χ0) is 24.4. The van der Waals surface area contributed by atoms with Crippen LogP contribution in [0.1, 0.15) is 12.0 Å². The van der Waals surface area contributed by atoms with Crippen LogP contribution < -0.4 is 5.32 Å². The monoisotopic (exact) mass is 482 g/mol. The molecule has 1 atom stereocenters. The lowest BCUT2D eigenvalue weighted by atomic mass is 10.0. The fourth-order valence-corrected chi connectivity index (χ4v) is 5.92. The number of benzene rings is 3. The maximum absolute atomic E-state index is 12.8. The van der Waals surface area contributed by atoms with Crippen molar-refractivity contribution in [2.75, 3.05) is 11.5 Å². The molecule has 1 unspecified atom stereocenters. The minimum absolute atomic E-state index is 0.0412. The molecule has 1 amide bonds. The first-order valence-corrected chi connectivity index (χ1v) is 13.0. The number of rotatable bonds is 5. The van der Waals surface area contributed by atoms with Crippen molar-refractivity contribution in [3.63, 3.8) is 0 Å². The van der Waals surface area contributed by atoms with Gasteiger partial charge in [-0.3, -0.25) is 4.79 Å². The summed E-state index contributed by atoms with van der Waals surface area (Å²) in [6, 6.07) is 25.1. The van der Waals surface area contributed by atoms with Crippen LogP contribution in [-0.2, 0) is 14.6 Å². The van der Waals surface area contributed by atoms with E-state index >= 15 is 0 Å². The largest absolute Gasteiger partial charge is 0.348 e. The number of carbonyl (C=O) groups is 1. The summed E-state index contributed by atoms with van der Waals surface area (Å²) in [5.74, 6) is -0.655. The molecule has 1 N–H and O–H groups in total. The van der Waals surface area contributed by atoms with Crippen LogP contribution in [0.2, 0.25) is 0 Å². The molecule has 0 bridgehead atoms. The molecule has 5 rings (SSSR count). The smallest absolute Gasteiger partial charge is 0.262 e. The summed E-state index contributed by atoms with van der Waals surface area (Å²) in [6.45, 7) is 0. The lowest BCUT2D eigenvalue weighted by Gasteiger charge is -2.10. The molecule has 0 saturated carbocycles. The van der Waals surface area contributed by atoms with E-state index in [1.165, 1.54) is 6.08 Å². The van der Waals surface area contributed by atoms with Gasteiger partial charge in [0, 0.05) is 23.4 Å². The molecule has 0 spiro atoms. The molecule has 8 heteroatoms. The third kappa shape index (κ3) is 4.86. The van der Waals surface area contributed by atoms with E-state index < -0.39 is 21.8 Å². The Labute approximate surface area is 203 Å². The van der Waals surface area contributed by atoms with Crippen molar-refractivity contribution in [1.29, 1.82) is 5.26 Å². The molecule has 174 valence electrons. The van der Waals surface area contributed by atoms with Gasteiger partial charge in [0.2, 0.25) is 0 Å². The quantitative estimate of drug-likeness (QED) is 0.343. The number of para-hydroxylation sites is 1. The number of sulfone groups is 1. The summed E-state index contributed by atoms with van der Waals surface area (Å²) >= 11 is 0. The topological polar surface area (TPSA) is 105 Å². The molecule has 4 aromatic rings. The number of nitriles is 1. The molecule has 0 radical (unpaired) electrons. The molecule has 35 heavy (non-hydrogen) atoms. The minimum atomic E-state index is -3.15. The van der Waals surface area contributed by atoms with E-state index in [2.05, 4.69) is 5.32 Å². The number of aromatic nitrogens is 2. The molecule has 1 aliphatic heterocycles. The van der Waals surface area contributed by atoms with Crippen molar-refractivity contribution in [1.82, 2.24) is 15.1 Å². The highest BCUT2D eigenvalue weighted by Crippen LogP contribution is 2.29. The third-order valence-electron chi connectivity index (χ3n) is 6.02. The van der Waals surface area contributed by atoms with Crippen LogP contribution in [0.4, 0.5) is 0 Å². The Balaban J connectivity index is 1.55. The second-order valence-corrected chi connectivity index (χ2v) is 10.7. The standard InChI is InChI=1S/C27H22N4O3S/c28-16-22(27(32)29-24-12-13-35(33,34)18-24)15-23-17-31(25-8-2-1-3-9-25)30-26(23)21-11-10-19-6-4-5-7-20(19)14-21/h1-11,14-15,17,24H,12-13,18H2,(H,29,32)/b22-15-. The summed E-state index contributed by atoms with van der Waals surface area (Å²) in [5, 5.41) is 19.4. The molecule has 3 aromatic carbocycles. The van der Waals surface area contributed by atoms with Gasteiger partial charge in [-0.15, -0.1) is 0 Å². The number of hydrogen-bond acceptors (Lipinski definition) is 5. The highest BCUT2D eigenvalue weighted by Gasteiger charge is 2.29. The number of carbonyl (C=O) groups excluding carboxylic acids is 1. The fourth-order valence-electron chi connectivity index (χ4n) is 4.24. The molecule has 7 nitrogen and oxygen atoms in total. The van der Waals surface area contributed by atoms with Crippen molar-refractivity contribution >= 4 is 32.6 Å². The normalized spacial score (nSPS) is 17.2. The average Bonchev–Trinajstić information content (AvgIpc) is 3.45. The van der Waals surface area contributed by atoms with Gasteiger partial charge in [0.1, 0.15) is 17.3 Å². The highest BCUT2D eigenvalue weighted by atomic mass is 32.2. The van der Waals surface area contributed by atoms with Gasteiger partial charge in [0.15, 0.2) is 9.84 Å². The molecule has 1 saturated heterocycles. The van der Waals surface area contributed by atoms with Crippen molar-refractivity contribution in [3.05, 3.63) is 90.1 Å². The van der Waals surface area contributed by atoms with Gasteiger partial charge in [-0.2, -0.15) is 10.4 Å². The maximum Gasteiger partial charge on any atom is 0.262 e. The van der Waals surface area contributed by atoms with Gasteiger partial charge < -0.3 is 5.32 Å². The number of fused-ring (bicyclic) bond motifs is 1. The lowest BCUT2D eigenvalue weighted by Crippen LogP contribution is -2.36. The van der Waals surface area contributed by atoms with Crippen molar-refractivity contribution < 1.29 is 13.2 Å². The highest BCUT2D eigenvalue weighted by molar-refractivity contribution is 7.91. The van der Waals surface area contributed by atoms with Crippen molar-refractivity contribution in [3.8, 4) is 23.0 Å². The van der Waals surface area contributed by atoms with E-state index in [0.29, 0.717) is 17.7 Å². The number of nitrogens with zero attached hydrogens (tertiary/aromatic N) is 3. The predicted octanol–water partition coefficient (Wildman–Crippen LogP) is 3.90. The summed E-state index contributed by atoms with van der Waals surface area (Å²) in [6.07, 6.45) is 3.64. The SMILES string of the molecule is N#C/C(=C/c1cn(-c2ccccc2)nc1-c1ccc2ccccc2c1)C(=O)NC1CCS(=O)(=O)C1. The molecule has 1 aliphatic rings. The van der Waals surface area contributed by atoms with E-state index in [9.17, 15) is 18.5 Å². The zero-order valence-corrected chi connectivity index (χ0v) is 19.6. The first-order valence-electron chi connectivity index (χ1n) is 11.2. The number of amides is 1. The first kappa shape index (κ1) is 22.6. The Morgan fingerprint density at radius 1 is 1.06 bits per heavy atom. The Morgan fingerprint density at radius 2 is 1.80 bits per heavy atom. The van der Waals surface area contributed by atoms with Gasteiger partial charge in [-0.1, -0.05) is 54.6 Å². The van der Waals surface area contributed by atoms with Crippen LogP contribution in [-0.4, -0.2) is 41.7 Å². The Kier molecular flexibility index (Phi) is 5.93. The van der Waals surface area contributed by atoms with Gasteiger partial charge in [0.25, 0.3) is 5.91 Å². The molecule has 0 aliphatic carbocycles. The van der Waals surface area contributed by atoms with Gasteiger partial charge in [0.05, 0.1) is 17.2 Å². The van der Waals surface area contributed by atoms with Gasteiger partial charge in [-0.25, -0.2) is 13.1 Å². The lowest BCUT2D eigenvalue weighted by molar-refractivity contribution is -0.117. The number of nitrogens with one attached hydrogen (secondary N) is 1. The van der Waals surface area contributed by atoms with Crippen LogP contribution in [0.25, 0.3) is 33.8 Å². The second-order valence-electron chi connectivity index (χ2n) is 8.52. The van der Waals surface area contributed by atoms with E-state index in [0.717, 1.165) is 22.0 Å². The molecule has 1 fully saturated rings. The Morgan fingerprint density at radius 3 is 2.51 bits per heavy atom. The third-order valence-corrected chi connectivity index (χ3v) is 7.79. The van der Waals surface area contributed by atoms with E-state index in [-0.39, 0.29) is 17.1 Å². The summed E-state index contributed by atoms with van der Waals surface area (Å²) in [7, 11) is -3.15. The van der Waals surface area contributed by atoms with Crippen LogP contribution in [0.5, 0.6) is 0 Å². The minimum Gasteiger partial charge on any atom is -0.348 e. The fraction of sp³-hybridized carbons (Fsp3) is 0.148. The summed E-state index contributed by atoms with van der Waals surface area (Å²) in [5.41, 5.74) is 2.82. The van der Waals surface area contributed by atoms with Crippen LogP contribution in [0, 0.1) is 11.3 Å². The number of hydrogen-bond donors (Lipinski definition) is 1. The summed E-state index contributed by atoms with van der Waals surface area (Å²) < 4.78 is 25.2. The van der Waals surface area contributed by atoms with Crippen LogP contribution >= 0.6 is 0 Å².